The molecule has 116 valence electrons. The van der Waals surface area contributed by atoms with E-state index >= 15 is 0 Å². The third-order valence-electron chi connectivity index (χ3n) is 3.06. The summed E-state index contributed by atoms with van der Waals surface area (Å²) in [6.07, 6.45) is 0. The zero-order valence-electron chi connectivity index (χ0n) is 12.6. The molecule has 1 N–H and O–H groups in total. The Morgan fingerprint density at radius 1 is 1.29 bits per heavy atom. The van der Waals surface area contributed by atoms with Crippen LogP contribution in [0.25, 0.3) is 11.1 Å². The Labute approximate surface area is 123 Å². The van der Waals surface area contributed by atoms with Crippen LogP contribution in [0.2, 0.25) is 0 Å². The topological polar surface area (TPSA) is 81.3 Å². The number of aromatic nitrogens is 1. The van der Waals surface area contributed by atoms with E-state index in [0.29, 0.717) is 18.6 Å². The van der Waals surface area contributed by atoms with E-state index in [-0.39, 0.29) is 15.9 Å². The maximum atomic E-state index is 12.2. The van der Waals surface area contributed by atoms with Gasteiger partial charge in [-0.25, -0.2) is 17.9 Å². The molecule has 1 heterocycles. The number of benzene rings is 1. The highest BCUT2D eigenvalue weighted by molar-refractivity contribution is 7.89. The molecule has 0 amide bonds. The largest absolute Gasteiger partial charge is 0.419 e. The standard InChI is InChI=1S/C14H20N2O4S/c1-5-16-11-7-6-10(8-12(11)20-13(16)17)21(18,19)15-9-14(2,3)4/h6-8,15H,5,9H2,1-4H3. The maximum absolute atomic E-state index is 12.2. The first-order valence-corrected chi connectivity index (χ1v) is 8.25. The molecule has 6 nitrogen and oxygen atoms in total. The second-order valence-corrected chi connectivity index (χ2v) is 7.89. The number of rotatable bonds is 4. The zero-order valence-corrected chi connectivity index (χ0v) is 13.5. The SMILES string of the molecule is CCn1c(=O)oc2cc(S(=O)(=O)NCC(C)(C)C)ccc21. The average molecular weight is 312 g/mol. The zero-order chi connectivity index (χ0) is 15.8. The summed E-state index contributed by atoms with van der Waals surface area (Å²) in [5.74, 6) is -0.482. The van der Waals surface area contributed by atoms with Gasteiger partial charge in [-0.1, -0.05) is 20.8 Å². The monoisotopic (exact) mass is 312 g/mol. The Bertz CT molecular complexity index is 810. The minimum absolute atomic E-state index is 0.0938. The summed E-state index contributed by atoms with van der Waals surface area (Å²) in [5.41, 5.74) is 0.715. The minimum atomic E-state index is -3.62. The number of nitrogens with zero attached hydrogens (tertiary/aromatic N) is 1. The van der Waals surface area contributed by atoms with Gasteiger partial charge in [-0.15, -0.1) is 0 Å². The number of hydrogen-bond acceptors (Lipinski definition) is 4. The van der Waals surface area contributed by atoms with Gasteiger partial charge in [-0.05, 0) is 24.5 Å². The first kappa shape index (κ1) is 15.8. The molecule has 0 bridgehead atoms. The molecule has 2 aromatic rings. The second kappa shape index (κ2) is 5.31. The fourth-order valence-corrected chi connectivity index (χ4v) is 3.21. The second-order valence-electron chi connectivity index (χ2n) is 6.13. The summed E-state index contributed by atoms with van der Waals surface area (Å²) in [6.45, 7) is 8.46. The molecule has 0 radical (unpaired) electrons. The quantitative estimate of drug-likeness (QED) is 0.935. The van der Waals surface area contributed by atoms with Crippen LogP contribution in [0.1, 0.15) is 27.7 Å². The van der Waals surface area contributed by atoms with Crippen molar-refractivity contribution in [2.45, 2.75) is 39.1 Å². The smallest absolute Gasteiger partial charge is 0.408 e. The first-order valence-electron chi connectivity index (χ1n) is 6.77. The van der Waals surface area contributed by atoms with E-state index < -0.39 is 15.8 Å². The van der Waals surface area contributed by atoms with E-state index in [2.05, 4.69) is 4.72 Å². The van der Waals surface area contributed by atoms with Gasteiger partial charge in [0.1, 0.15) is 0 Å². The number of aryl methyl sites for hydroxylation is 1. The predicted octanol–water partition coefficient (Wildman–Crippen LogP) is 1.94. The van der Waals surface area contributed by atoms with Crippen molar-refractivity contribution in [2.75, 3.05) is 6.54 Å². The van der Waals surface area contributed by atoms with Crippen molar-refractivity contribution in [1.82, 2.24) is 9.29 Å². The summed E-state index contributed by atoms with van der Waals surface area (Å²) >= 11 is 0. The minimum Gasteiger partial charge on any atom is -0.408 e. The van der Waals surface area contributed by atoms with Gasteiger partial charge in [0.2, 0.25) is 10.0 Å². The molecule has 1 aromatic carbocycles. The predicted molar refractivity (Wildman–Crippen MR) is 80.8 cm³/mol. The molecule has 7 heteroatoms. The van der Waals surface area contributed by atoms with Crippen molar-refractivity contribution in [3.05, 3.63) is 28.7 Å². The van der Waals surface area contributed by atoms with E-state index in [1.54, 1.807) is 6.07 Å². The third kappa shape index (κ3) is 3.36. The van der Waals surface area contributed by atoms with E-state index in [9.17, 15) is 13.2 Å². The highest BCUT2D eigenvalue weighted by atomic mass is 32.2. The lowest BCUT2D eigenvalue weighted by Gasteiger charge is -2.18. The molecule has 1 aromatic heterocycles. The molecule has 0 saturated heterocycles. The number of nitrogens with one attached hydrogen (secondary N) is 1. The summed E-state index contributed by atoms with van der Waals surface area (Å²) in [6, 6.07) is 4.46. The van der Waals surface area contributed by atoms with Gasteiger partial charge in [0.25, 0.3) is 0 Å². The fraction of sp³-hybridized carbons (Fsp3) is 0.500. The van der Waals surface area contributed by atoms with E-state index in [1.165, 1.54) is 16.7 Å². The summed E-state index contributed by atoms with van der Waals surface area (Å²) in [5, 5.41) is 0. The number of hydrogen-bond donors (Lipinski definition) is 1. The molecular formula is C14H20N2O4S. The van der Waals surface area contributed by atoms with Gasteiger partial charge in [-0.3, -0.25) is 4.57 Å². The summed E-state index contributed by atoms with van der Waals surface area (Å²) in [4.78, 5) is 11.7. The Kier molecular flexibility index (Phi) is 3.99. The van der Waals surface area contributed by atoms with Crippen molar-refractivity contribution in [1.29, 1.82) is 0 Å². The third-order valence-corrected chi connectivity index (χ3v) is 4.46. The Morgan fingerprint density at radius 2 is 1.95 bits per heavy atom. The van der Waals surface area contributed by atoms with Gasteiger partial charge in [0, 0.05) is 19.2 Å². The molecule has 0 fully saturated rings. The first-order chi connectivity index (χ1) is 9.64. The molecule has 0 unspecified atom stereocenters. The van der Waals surface area contributed by atoms with E-state index in [1.807, 2.05) is 27.7 Å². The van der Waals surface area contributed by atoms with Crippen LogP contribution in [-0.2, 0) is 16.6 Å². The Balaban J connectivity index is 2.41. The Hall–Kier alpha value is -1.60. The maximum Gasteiger partial charge on any atom is 0.419 e. The number of oxazole rings is 1. The normalized spacial score (nSPS) is 13.0. The van der Waals surface area contributed by atoms with Crippen molar-refractivity contribution in [3.63, 3.8) is 0 Å². The lowest BCUT2D eigenvalue weighted by molar-refractivity contribution is 0.407. The fourth-order valence-electron chi connectivity index (χ4n) is 1.91. The Morgan fingerprint density at radius 3 is 2.52 bits per heavy atom. The van der Waals surface area contributed by atoms with Gasteiger partial charge >= 0.3 is 5.76 Å². The van der Waals surface area contributed by atoms with Gasteiger partial charge < -0.3 is 4.42 Å². The number of fused-ring (bicyclic) bond motifs is 1. The van der Waals surface area contributed by atoms with Crippen LogP contribution in [0.15, 0.2) is 32.3 Å². The van der Waals surface area contributed by atoms with Crippen LogP contribution in [0, 0.1) is 5.41 Å². The molecule has 0 atom stereocenters. The van der Waals surface area contributed by atoms with E-state index in [4.69, 9.17) is 4.42 Å². The molecule has 2 rings (SSSR count). The van der Waals surface area contributed by atoms with Gasteiger partial charge in [0.15, 0.2) is 5.58 Å². The lowest BCUT2D eigenvalue weighted by Crippen LogP contribution is -2.32. The van der Waals surface area contributed by atoms with Crippen molar-refractivity contribution >= 4 is 21.1 Å². The van der Waals surface area contributed by atoms with Crippen LogP contribution in [0.3, 0.4) is 0 Å². The van der Waals surface area contributed by atoms with Crippen LogP contribution < -0.4 is 10.5 Å². The van der Waals surface area contributed by atoms with Crippen LogP contribution >= 0.6 is 0 Å². The van der Waals surface area contributed by atoms with Gasteiger partial charge in [0.05, 0.1) is 10.4 Å². The highest BCUT2D eigenvalue weighted by Gasteiger charge is 2.20. The molecule has 0 spiro atoms. The lowest BCUT2D eigenvalue weighted by atomic mass is 9.98. The summed E-state index contributed by atoms with van der Waals surface area (Å²) < 4.78 is 33.6. The molecular weight excluding hydrogens is 292 g/mol. The van der Waals surface area contributed by atoms with Crippen molar-refractivity contribution in [2.24, 2.45) is 5.41 Å². The summed E-state index contributed by atoms with van der Waals surface area (Å²) in [7, 11) is -3.62. The number of sulfonamides is 1. The van der Waals surface area contributed by atoms with E-state index in [0.717, 1.165) is 0 Å². The van der Waals surface area contributed by atoms with Crippen LogP contribution in [0.5, 0.6) is 0 Å². The average Bonchev–Trinajstić information content (AvgIpc) is 2.70. The molecule has 21 heavy (non-hydrogen) atoms. The van der Waals surface area contributed by atoms with Crippen LogP contribution in [-0.4, -0.2) is 19.5 Å². The molecule has 0 aliphatic carbocycles. The van der Waals surface area contributed by atoms with Crippen molar-refractivity contribution in [3.8, 4) is 0 Å². The van der Waals surface area contributed by atoms with Crippen molar-refractivity contribution < 1.29 is 12.8 Å². The van der Waals surface area contributed by atoms with Crippen LogP contribution in [0.4, 0.5) is 0 Å². The molecule has 0 aliphatic rings. The van der Waals surface area contributed by atoms with Gasteiger partial charge in [-0.2, -0.15) is 0 Å². The highest BCUT2D eigenvalue weighted by Crippen LogP contribution is 2.19. The molecule has 0 aliphatic heterocycles. The molecule has 0 saturated carbocycles.